The lowest BCUT2D eigenvalue weighted by atomic mass is 10.2. The molecule has 0 saturated carbocycles. The molecule has 0 saturated heterocycles. The Morgan fingerprint density at radius 3 is 2.42 bits per heavy atom. The molecule has 2 aromatic rings. The molecular formula is C18H21ClN2O4S. The van der Waals surface area contributed by atoms with Gasteiger partial charge in [-0.25, -0.2) is 8.42 Å². The van der Waals surface area contributed by atoms with E-state index in [-0.39, 0.29) is 0 Å². The van der Waals surface area contributed by atoms with Crippen molar-refractivity contribution in [2.75, 3.05) is 22.5 Å². The largest absolute Gasteiger partial charge is 0.494 e. The summed E-state index contributed by atoms with van der Waals surface area (Å²) < 4.78 is 30.9. The molecule has 0 aliphatic heterocycles. The number of hydrogen-bond donors (Lipinski definition) is 1. The molecule has 0 aromatic heterocycles. The SMILES string of the molecule is CCOc1ccc(NC(=O)C(C)N(c2cccc(Cl)c2)S(C)(=O)=O)cc1. The predicted molar refractivity (Wildman–Crippen MR) is 104 cm³/mol. The lowest BCUT2D eigenvalue weighted by molar-refractivity contribution is -0.116. The summed E-state index contributed by atoms with van der Waals surface area (Å²) >= 11 is 5.96. The minimum atomic E-state index is -3.69. The van der Waals surface area contributed by atoms with Gasteiger partial charge in [0.05, 0.1) is 18.6 Å². The summed E-state index contributed by atoms with van der Waals surface area (Å²) in [5.74, 6) is 0.231. The molecule has 6 nitrogen and oxygen atoms in total. The van der Waals surface area contributed by atoms with Gasteiger partial charge in [-0.1, -0.05) is 17.7 Å². The summed E-state index contributed by atoms with van der Waals surface area (Å²) in [4.78, 5) is 12.6. The summed E-state index contributed by atoms with van der Waals surface area (Å²) in [6.45, 7) is 3.95. The standard InChI is InChI=1S/C18H21ClN2O4S/c1-4-25-17-10-8-15(9-11-17)20-18(22)13(2)21(26(3,23)24)16-7-5-6-14(19)12-16/h5-13H,4H2,1-3H3,(H,20,22). The molecule has 1 atom stereocenters. The van der Waals surface area contributed by atoms with Crippen LogP contribution in [0.25, 0.3) is 0 Å². The van der Waals surface area contributed by atoms with Crippen LogP contribution in [0.1, 0.15) is 13.8 Å². The highest BCUT2D eigenvalue weighted by Crippen LogP contribution is 2.25. The highest BCUT2D eigenvalue weighted by molar-refractivity contribution is 7.92. The number of carbonyl (C=O) groups is 1. The summed E-state index contributed by atoms with van der Waals surface area (Å²) in [7, 11) is -3.69. The van der Waals surface area contributed by atoms with E-state index in [1.807, 2.05) is 6.92 Å². The smallest absolute Gasteiger partial charge is 0.247 e. The fourth-order valence-corrected chi connectivity index (χ4v) is 3.82. The maximum absolute atomic E-state index is 12.6. The number of carbonyl (C=O) groups excluding carboxylic acids is 1. The first-order chi connectivity index (χ1) is 12.2. The minimum Gasteiger partial charge on any atom is -0.494 e. The third kappa shape index (κ3) is 5.12. The molecule has 0 aliphatic rings. The lowest BCUT2D eigenvalue weighted by Crippen LogP contribution is -2.45. The van der Waals surface area contributed by atoms with Crippen LogP contribution in [0.5, 0.6) is 5.75 Å². The average molecular weight is 397 g/mol. The second kappa shape index (κ2) is 8.42. The van der Waals surface area contributed by atoms with Crippen LogP contribution in [0.3, 0.4) is 0 Å². The Kier molecular flexibility index (Phi) is 6.50. The van der Waals surface area contributed by atoms with Crippen molar-refractivity contribution in [2.24, 2.45) is 0 Å². The number of anilines is 2. The van der Waals surface area contributed by atoms with Crippen molar-refractivity contribution in [3.05, 3.63) is 53.6 Å². The number of nitrogens with zero attached hydrogens (tertiary/aromatic N) is 1. The van der Waals surface area contributed by atoms with Gasteiger partial charge in [0.25, 0.3) is 0 Å². The van der Waals surface area contributed by atoms with Crippen molar-refractivity contribution < 1.29 is 17.9 Å². The van der Waals surface area contributed by atoms with E-state index in [0.29, 0.717) is 28.8 Å². The first-order valence-electron chi connectivity index (χ1n) is 8.01. The van der Waals surface area contributed by atoms with Gasteiger partial charge in [-0.15, -0.1) is 0 Å². The summed E-state index contributed by atoms with van der Waals surface area (Å²) in [5.41, 5.74) is 0.874. The van der Waals surface area contributed by atoms with Crippen LogP contribution in [-0.4, -0.2) is 33.2 Å². The molecule has 8 heteroatoms. The van der Waals surface area contributed by atoms with E-state index >= 15 is 0 Å². The molecule has 1 amide bonds. The predicted octanol–water partition coefficient (Wildman–Crippen LogP) is 3.53. The number of benzene rings is 2. The molecule has 0 spiro atoms. The van der Waals surface area contributed by atoms with Gasteiger partial charge in [-0.3, -0.25) is 9.10 Å². The fourth-order valence-electron chi connectivity index (χ4n) is 2.47. The number of amides is 1. The first-order valence-corrected chi connectivity index (χ1v) is 10.2. The van der Waals surface area contributed by atoms with E-state index < -0.39 is 22.0 Å². The second-order valence-corrected chi connectivity index (χ2v) is 7.96. The summed E-state index contributed by atoms with van der Waals surface area (Å²) in [5, 5.41) is 3.10. The van der Waals surface area contributed by atoms with Crippen molar-refractivity contribution in [2.45, 2.75) is 19.9 Å². The van der Waals surface area contributed by atoms with Gasteiger partial charge in [-0.2, -0.15) is 0 Å². The quantitative estimate of drug-likeness (QED) is 0.776. The lowest BCUT2D eigenvalue weighted by Gasteiger charge is -2.28. The van der Waals surface area contributed by atoms with Gasteiger partial charge < -0.3 is 10.1 Å². The molecule has 0 radical (unpaired) electrons. The number of ether oxygens (including phenoxy) is 1. The molecule has 0 heterocycles. The normalized spacial score (nSPS) is 12.3. The average Bonchev–Trinajstić information content (AvgIpc) is 2.55. The van der Waals surface area contributed by atoms with Gasteiger partial charge >= 0.3 is 0 Å². The third-order valence-corrected chi connectivity index (χ3v) is 5.06. The Hall–Kier alpha value is -2.25. The third-order valence-electron chi connectivity index (χ3n) is 3.58. The maximum Gasteiger partial charge on any atom is 0.247 e. The Morgan fingerprint density at radius 1 is 1.23 bits per heavy atom. The Morgan fingerprint density at radius 2 is 1.88 bits per heavy atom. The number of halogens is 1. The molecule has 1 unspecified atom stereocenters. The van der Waals surface area contributed by atoms with Crippen molar-refractivity contribution >= 4 is 38.9 Å². The van der Waals surface area contributed by atoms with E-state index in [1.165, 1.54) is 13.0 Å². The molecule has 1 N–H and O–H groups in total. The molecule has 0 bridgehead atoms. The van der Waals surface area contributed by atoms with Crippen molar-refractivity contribution in [3.63, 3.8) is 0 Å². The monoisotopic (exact) mass is 396 g/mol. The van der Waals surface area contributed by atoms with Crippen LogP contribution < -0.4 is 14.4 Å². The topological polar surface area (TPSA) is 75.7 Å². The van der Waals surface area contributed by atoms with Gasteiger partial charge in [-0.05, 0) is 56.3 Å². The summed E-state index contributed by atoms with van der Waals surface area (Å²) in [6.07, 6.45) is 1.05. The van der Waals surface area contributed by atoms with E-state index in [2.05, 4.69) is 5.32 Å². The van der Waals surface area contributed by atoms with Crippen molar-refractivity contribution in [1.82, 2.24) is 0 Å². The molecule has 2 rings (SSSR count). The molecule has 26 heavy (non-hydrogen) atoms. The van der Waals surface area contributed by atoms with Crippen LogP contribution in [0, 0.1) is 0 Å². The fraction of sp³-hybridized carbons (Fsp3) is 0.278. The van der Waals surface area contributed by atoms with E-state index in [1.54, 1.807) is 42.5 Å². The Bertz CT molecular complexity index is 869. The number of nitrogens with one attached hydrogen (secondary N) is 1. The Labute approximate surface area is 158 Å². The number of rotatable bonds is 7. The molecule has 2 aromatic carbocycles. The molecule has 0 aliphatic carbocycles. The number of sulfonamides is 1. The van der Waals surface area contributed by atoms with Crippen LogP contribution in [0.4, 0.5) is 11.4 Å². The zero-order valence-corrected chi connectivity index (χ0v) is 16.3. The second-order valence-electron chi connectivity index (χ2n) is 5.66. The molecule has 140 valence electrons. The van der Waals surface area contributed by atoms with Crippen LogP contribution >= 0.6 is 11.6 Å². The van der Waals surface area contributed by atoms with Gasteiger partial charge in [0.1, 0.15) is 11.8 Å². The van der Waals surface area contributed by atoms with Crippen LogP contribution in [0.2, 0.25) is 5.02 Å². The van der Waals surface area contributed by atoms with Crippen LogP contribution in [0.15, 0.2) is 48.5 Å². The highest BCUT2D eigenvalue weighted by atomic mass is 35.5. The van der Waals surface area contributed by atoms with Crippen LogP contribution in [-0.2, 0) is 14.8 Å². The van der Waals surface area contributed by atoms with Crippen molar-refractivity contribution in [3.8, 4) is 5.75 Å². The van der Waals surface area contributed by atoms with E-state index in [0.717, 1.165) is 10.6 Å². The molecular weight excluding hydrogens is 376 g/mol. The zero-order chi connectivity index (χ0) is 19.3. The highest BCUT2D eigenvalue weighted by Gasteiger charge is 2.29. The Balaban J connectivity index is 2.22. The van der Waals surface area contributed by atoms with Gasteiger partial charge in [0.15, 0.2) is 0 Å². The van der Waals surface area contributed by atoms with Gasteiger partial charge in [0, 0.05) is 10.7 Å². The summed E-state index contributed by atoms with van der Waals surface area (Å²) in [6, 6.07) is 12.2. The minimum absolute atomic E-state index is 0.328. The van der Waals surface area contributed by atoms with Gasteiger partial charge in [0.2, 0.25) is 15.9 Å². The first kappa shape index (κ1) is 20.1. The van der Waals surface area contributed by atoms with E-state index in [9.17, 15) is 13.2 Å². The van der Waals surface area contributed by atoms with Crippen molar-refractivity contribution in [1.29, 1.82) is 0 Å². The number of hydrogen-bond acceptors (Lipinski definition) is 4. The maximum atomic E-state index is 12.6. The molecule has 0 fully saturated rings. The van der Waals surface area contributed by atoms with E-state index in [4.69, 9.17) is 16.3 Å². The zero-order valence-electron chi connectivity index (χ0n) is 14.8.